The summed E-state index contributed by atoms with van der Waals surface area (Å²) < 4.78 is 33.3. The highest BCUT2D eigenvalue weighted by molar-refractivity contribution is 7.98. The largest absolute Gasteiger partial charge is 0.464 e. The van der Waals surface area contributed by atoms with Crippen molar-refractivity contribution in [3.05, 3.63) is 42.2 Å². The number of sulfonamides is 1. The molecule has 0 saturated carbocycles. The Morgan fingerprint density at radius 1 is 1.32 bits per heavy atom. The Hall–Kier alpha value is -1.93. The predicted octanol–water partition coefficient (Wildman–Crippen LogP) is 2.33. The van der Waals surface area contributed by atoms with Crippen LogP contribution in [-0.2, 0) is 21.8 Å². The molecule has 1 aromatic heterocycles. The zero-order chi connectivity index (χ0) is 16.3. The van der Waals surface area contributed by atoms with Crippen LogP contribution in [0.1, 0.15) is 10.5 Å². The van der Waals surface area contributed by atoms with Crippen molar-refractivity contribution in [2.75, 3.05) is 18.1 Å². The second-order valence-corrected chi connectivity index (χ2v) is 7.06. The molecule has 0 aliphatic carbocycles. The number of thioether (sulfide) groups is 1. The number of aryl methyl sites for hydroxylation is 1. The van der Waals surface area contributed by atoms with E-state index >= 15 is 0 Å². The Bertz CT molecular complexity index is 797. The van der Waals surface area contributed by atoms with Crippen molar-refractivity contribution >= 4 is 33.4 Å². The number of anilines is 1. The van der Waals surface area contributed by atoms with Crippen LogP contribution in [0, 0.1) is 0 Å². The van der Waals surface area contributed by atoms with Crippen molar-refractivity contribution in [1.29, 1.82) is 0 Å². The molecule has 0 spiro atoms. The number of methoxy groups -OCH3 is 1. The number of carbonyl (C=O) groups excluding carboxylic acids is 1. The number of aromatic nitrogens is 1. The number of nitrogens with zero attached hydrogens (tertiary/aromatic N) is 1. The summed E-state index contributed by atoms with van der Waals surface area (Å²) >= 11 is 1.52. The van der Waals surface area contributed by atoms with E-state index in [1.165, 1.54) is 35.7 Å². The second-order valence-electron chi connectivity index (χ2n) is 4.50. The lowest BCUT2D eigenvalue weighted by molar-refractivity contribution is 0.0590. The van der Waals surface area contributed by atoms with Crippen LogP contribution in [0.4, 0.5) is 5.69 Å². The van der Waals surface area contributed by atoms with E-state index in [1.54, 1.807) is 25.2 Å². The van der Waals surface area contributed by atoms with Gasteiger partial charge in [-0.3, -0.25) is 4.72 Å². The summed E-state index contributed by atoms with van der Waals surface area (Å²) in [6.07, 6.45) is 3.28. The highest BCUT2D eigenvalue weighted by atomic mass is 32.2. The lowest BCUT2D eigenvalue weighted by Crippen LogP contribution is -2.12. The Labute approximate surface area is 133 Å². The van der Waals surface area contributed by atoms with Gasteiger partial charge in [0.2, 0.25) is 0 Å². The first-order valence-corrected chi connectivity index (χ1v) is 8.99. The molecule has 8 heteroatoms. The van der Waals surface area contributed by atoms with E-state index in [4.69, 9.17) is 0 Å². The van der Waals surface area contributed by atoms with Gasteiger partial charge in [-0.1, -0.05) is 6.07 Å². The fourth-order valence-electron chi connectivity index (χ4n) is 1.89. The van der Waals surface area contributed by atoms with Crippen LogP contribution in [0.2, 0.25) is 0 Å². The second kappa shape index (κ2) is 6.45. The molecule has 1 aromatic carbocycles. The molecule has 0 saturated heterocycles. The average molecular weight is 340 g/mol. The summed E-state index contributed by atoms with van der Waals surface area (Å²) in [6.45, 7) is 0. The van der Waals surface area contributed by atoms with Gasteiger partial charge in [0.15, 0.2) is 0 Å². The third-order valence-electron chi connectivity index (χ3n) is 3.01. The minimum Gasteiger partial charge on any atom is -0.464 e. The summed E-state index contributed by atoms with van der Waals surface area (Å²) in [6, 6.07) is 8.36. The van der Waals surface area contributed by atoms with E-state index in [0.29, 0.717) is 5.69 Å². The molecule has 0 amide bonds. The number of nitrogens with one attached hydrogen (secondary N) is 1. The predicted molar refractivity (Wildman–Crippen MR) is 85.8 cm³/mol. The number of esters is 1. The SMILES string of the molecule is COC(=O)c1cc(S(=O)(=O)Nc2cccc(SC)c2)cn1C. The normalized spacial score (nSPS) is 11.2. The van der Waals surface area contributed by atoms with Crippen molar-refractivity contribution in [3.63, 3.8) is 0 Å². The number of carbonyl (C=O) groups is 1. The first-order chi connectivity index (χ1) is 10.4. The average Bonchev–Trinajstić information content (AvgIpc) is 2.89. The molecule has 0 unspecified atom stereocenters. The summed E-state index contributed by atoms with van der Waals surface area (Å²) in [4.78, 5) is 12.5. The van der Waals surface area contributed by atoms with Gasteiger partial charge in [-0.05, 0) is 30.5 Å². The number of ether oxygens (including phenoxy) is 1. The monoisotopic (exact) mass is 340 g/mol. The molecule has 0 aliphatic rings. The minimum atomic E-state index is -3.77. The Morgan fingerprint density at radius 3 is 2.68 bits per heavy atom. The van der Waals surface area contributed by atoms with Crippen LogP contribution in [0.5, 0.6) is 0 Å². The summed E-state index contributed by atoms with van der Waals surface area (Å²) in [5, 5.41) is 0. The molecule has 0 bridgehead atoms. The molecule has 1 N–H and O–H groups in total. The van der Waals surface area contributed by atoms with E-state index in [-0.39, 0.29) is 10.6 Å². The maximum atomic E-state index is 12.4. The van der Waals surface area contributed by atoms with Crippen LogP contribution in [0.15, 0.2) is 46.3 Å². The number of benzene rings is 1. The van der Waals surface area contributed by atoms with E-state index in [9.17, 15) is 13.2 Å². The van der Waals surface area contributed by atoms with E-state index in [1.807, 2.05) is 12.3 Å². The lowest BCUT2D eigenvalue weighted by atomic mass is 10.3. The first-order valence-electron chi connectivity index (χ1n) is 6.29. The lowest BCUT2D eigenvalue weighted by Gasteiger charge is -2.07. The van der Waals surface area contributed by atoms with Crippen LogP contribution in [0.3, 0.4) is 0 Å². The smallest absolute Gasteiger partial charge is 0.354 e. The maximum absolute atomic E-state index is 12.4. The number of rotatable bonds is 5. The maximum Gasteiger partial charge on any atom is 0.354 e. The molecule has 2 rings (SSSR count). The van der Waals surface area contributed by atoms with E-state index in [2.05, 4.69) is 9.46 Å². The van der Waals surface area contributed by atoms with Crippen LogP contribution in [0.25, 0.3) is 0 Å². The highest BCUT2D eigenvalue weighted by Crippen LogP contribution is 2.22. The topological polar surface area (TPSA) is 77.4 Å². The van der Waals surface area contributed by atoms with Gasteiger partial charge in [0, 0.05) is 23.8 Å². The molecule has 2 aromatic rings. The summed E-state index contributed by atoms with van der Waals surface area (Å²) in [7, 11) is -0.941. The van der Waals surface area contributed by atoms with Gasteiger partial charge in [-0.25, -0.2) is 13.2 Å². The third kappa shape index (κ3) is 3.45. The fraction of sp³-hybridized carbons (Fsp3) is 0.214. The standard InChI is InChI=1S/C14H16N2O4S2/c1-16-9-12(8-13(16)14(17)20-2)22(18,19)15-10-5-4-6-11(7-10)21-3/h4-9,15H,1-3H3. The molecule has 118 valence electrons. The summed E-state index contributed by atoms with van der Waals surface area (Å²) in [5.74, 6) is -0.590. The molecule has 0 fully saturated rings. The molecule has 6 nitrogen and oxygen atoms in total. The first kappa shape index (κ1) is 16.4. The molecular formula is C14H16N2O4S2. The summed E-state index contributed by atoms with van der Waals surface area (Å²) in [5.41, 5.74) is 0.635. The van der Waals surface area contributed by atoms with Crippen molar-refractivity contribution in [2.45, 2.75) is 9.79 Å². The molecule has 22 heavy (non-hydrogen) atoms. The van der Waals surface area contributed by atoms with Crippen molar-refractivity contribution < 1.29 is 17.9 Å². The van der Waals surface area contributed by atoms with Crippen LogP contribution >= 0.6 is 11.8 Å². The molecule has 0 aliphatic heterocycles. The van der Waals surface area contributed by atoms with E-state index in [0.717, 1.165) is 4.90 Å². The Balaban J connectivity index is 2.32. The highest BCUT2D eigenvalue weighted by Gasteiger charge is 2.21. The molecule has 1 heterocycles. The molecule has 0 radical (unpaired) electrons. The number of hydrogen-bond donors (Lipinski definition) is 1. The van der Waals surface area contributed by atoms with Gasteiger partial charge < -0.3 is 9.30 Å². The molecule has 0 atom stereocenters. The quantitative estimate of drug-likeness (QED) is 0.668. The van der Waals surface area contributed by atoms with E-state index < -0.39 is 16.0 Å². The van der Waals surface area contributed by atoms with Gasteiger partial charge in [0.1, 0.15) is 10.6 Å². The van der Waals surface area contributed by atoms with Gasteiger partial charge in [0.05, 0.1) is 7.11 Å². The fourth-order valence-corrected chi connectivity index (χ4v) is 3.47. The minimum absolute atomic E-state index is 0.00459. The molecular weight excluding hydrogens is 324 g/mol. The van der Waals surface area contributed by atoms with Crippen molar-refractivity contribution in [2.24, 2.45) is 7.05 Å². The van der Waals surface area contributed by atoms with Crippen LogP contribution in [-0.4, -0.2) is 32.3 Å². The van der Waals surface area contributed by atoms with Gasteiger partial charge in [0.25, 0.3) is 10.0 Å². The zero-order valence-corrected chi connectivity index (χ0v) is 14.0. The van der Waals surface area contributed by atoms with Gasteiger partial charge >= 0.3 is 5.97 Å². The van der Waals surface area contributed by atoms with Gasteiger partial charge in [-0.2, -0.15) is 0 Å². The van der Waals surface area contributed by atoms with Gasteiger partial charge in [-0.15, -0.1) is 11.8 Å². The third-order valence-corrected chi connectivity index (χ3v) is 5.08. The van der Waals surface area contributed by atoms with Crippen LogP contribution < -0.4 is 4.72 Å². The Morgan fingerprint density at radius 2 is 2.05 bits per heavy atom. The van der Waals surface area contributed by atoms with Crippen molar-refractivity contribution in [1.82, 2.24) is 4.57 Å². The zero-order valence-electron chi connectivity index (χ0n) is 12.4. The Kier molecular flexibility index (Phi) is 4.82. The number of hydrogen-bond acceptors (Lipinski definition) is 5. The van der Waals surface area contributed by atoms with Crippen molar-refractivity contribution in [3.8, 4) is 0 Å².